The fourth-order valence-electron chi connectivity index (χ4n) is 10.1. The van der Waals surface area contributed by atoms with E-state index < -0.39 is 65.2 Å². The number of cyclic esters (lactones) is 1. The number of fused-ring (bicyclic) bond motifs is 5. The van der Waals surface area contributed by atoms with Gasteiger partial charge in [-0.1, -0.05) is 40.5 Å². The van der Waals surface area contributed by atoms with E-state index in [1.807, 2.05) is 54.5 Å². The molecule has 0 bridgehead atoms. The second-order valence-electron chi connectivity index (χ2n) is 17.5. The van der Waals surface area contributed by atoms with E-state index in [2.05, 4.69) is 0 Å². The summed E-state index contributed by atoms with van der Waals surface area (Å²) in [7, 11) is 1.46. The lowest BCUT2D eigenvalue weighted by Crippen LogP contribution is -2.69. The van der Waals surface area contributed by atoms with Gasteiger partial charge in [-0.25, -0.2) is 14.6 Å². The lowest BCUT2D eigenvalue weighted by atomic mass is 9.71. The number of hydrogen-bond acceptors (Lipinski definition) is 8. The monoisotopic (exact) mass is 759 g/mol. The number of benzene rings is 1. The highest BCUT2D eigenvalue weighted by Gasteiger charge is 2.53. The number of methoxy groups -OCH3 is 1. The van der Waals surface area contributed by atoms with Crippen LogP contribution in [0.4, 0.5) is 4.79 Å². The zero-order valence-electron chi connectivity index (χ0n) is 39.9. The molecule has 7 atom stereocenters. The molecule has 6 unspecified atom stereocenters. The first-order valence-corrected chi connectivity index (χ1v) is 20.0. The van der Waals surface area contributed by atoms with Gasteiger partial charge in [0, 0.05) is 58.3 Å². The predicted octanol–water partition coefficient (Wildman–Crippen LogP) is 9.40. The van der Waals surface area contributed by atoms with Gasteiger partial charge >= 0.3 is 12.1 Å². The highest BCUT2D eigenvalue weighted by Crippen LogP contribution is 2.49. The van der Waals surface area contributed by atoms with Gasteiger partial charge in [0.05, 0.1) is 29.9 Å². The quantitative estimate of drug-likeness (QED) is 0.229. The number of pyridine rings is 2. The van der Waals surface area contributed by atoms with E-state index in [1.165, 1.54) is 21.0 Å². The maximum Gasteiger partial charge on any atom is 0.415 e. The molecule has 2 aromatic heterocycles. The van der Waals surface area contributed by atoms with Gasteiger partial charge in [0.2, 0.25) is 0 Å². The Labute approximate surface area is 333 Å². The van der Waals surface area contributed by atoms with Gasteiger partial charge in [0.1, 0.15) is 11.9 Å². The topological polar surface area (TPSA) is 103 Å². The van der Waals surface area contributed by atoms with Gasteiger partial charge in [-0.2, -0.15) is 0 Å². The van der Waals surface area contributed by atoms with Crippen LogP contribution in [0.3, 0.4) is 0 Å². The van der Waals surface area contributed by atoms with Crippen molar-refractivity contribution in [2.75, 3.05) is 7.11 Å². The largest absolute Gasteiger partial charge is 0.455 e. The Kier molecular flexibility index (Phi) is 8.33. The van der Waals surface area contributed by atoms with E-state index in [4.69, 9.17) is 19.2 Å². The predicted molar refractivity (Wildman–Crippen MR) is 216 cm³/mol. The van der Waals surface area contributed by atoms with Crippen LogP contribution in [0.2, 0.25) is 0 Å². The number of nitrogens with zero attached hydrogens (tertiary/aromatic N) is 4. The van der Waals surface area contributed by atoms with Crippen LogP contribution < -0.4 is 10.3 Å². The molecular weight excluding hydrogens is 693 g/mol. The molecule has 3 aromatic rings. The number of ether oxygens (including phenoxy) is 3. The van der Waals surface area contributed by atoms with Gasteiger partial charge in [-0.15, -0.1) is 0 Å². The Morgan fingerprint density at radius 1 is 1.09 bits per heavy atom. The smallest absolute Gasteiger partial charge is 0.415 e. The van der Waals surface area contributed by atoms with E-state index in [0.717, 1.165) is 28.9 Å². The minimum atomic E-state index is -2.73. The van der Waals surface area contributed by atoms with Crippen molar-refractivity contribution in [3.8, 4) is 17.1 Å². The Morgan fingerprint density at radius 2 is 1.80 bits per heavy atom. The first-order valence-electron chi connectivity index (χ1n) is 22.5. The SMILES string of the molecule is [2H]C1(C)N(C(=O)Oc2ccc3nc4c(c(C(C)C)c3c2)C(C)n2c-4cc3c(c2=O)C(C)OC(=O)[C@@]3(CCC)OC)C(C)(C)C([2H])(C)C([2H])(N2C(C)CCCC2(C)C)C1([2H])[2H]. The molecule has 0 aliphatic carbocycles. The van der Waals surface area contributed by atoms with Crippen molar-refractivity contribution in [1.82, 2.24) is 19.4 Å². The van der Waals surface area contributed by atoms with Gasteiger partial charge in [0.15, 0.2) is 5.60 Å². The average Bonchev–Trinajstić information content (AvgIpc) is 3.41. The van der Waals surface area contributed by atoms with Crippen molar-refractivity contribution >= 4 is 23.0 Å². The molecule has 298 valence electrons. The molecule has 0 N–H and O–H groups in total. The van der Waals surface area contributed by atoms with Crippen LogP contribution in [0.5, 0.6) is 5.75 Å². The third-order valence-corrected chi connectivity index (χ3v) is 12.9. The summed E-state index contributed by atoms with van der Waals surface area (Å²) in [5.41, 5.74) is 0.434. The Bertz CT molecular complexity index is 2330. The summed E-state index contributed by atoms with van der Waals surface area (Å²) in [5.74, 6) is -2.43. The molecule has 10 heteroatoms. The van der Waals surface area contributed by atoms with Crippen LogP contribution >= 0.6 is 0 Å². The van der Waals surface area contributed by atoms with Crippen LogP contribution in [-0.2, 0) is 19.9 Å². The van der Waals surface area contributed by atoms with Crippen LogP contribution in [0.15, 0.2) is 29.1 Å². The van der Waals surface area contributed by atoms with Crippen molar-refractivity contribution in [2.24, 2.45) is 5.89 Å². The summed E-state index contributed by atoms with van der Waals surface area (Å²) in [4.78, 5) is 50.5. The van der Waals surface area contributed by atoms with Gasteiger partial charge in [-0.05, 0) is 123 Å². The Balaban J connectivity index is 1.33. The molecule has 10 nitrogen and oxygen atoms in total. The summed E-state index contributed by atoms with van der Waals surface area (Å²) < 4.78 is 68.4. The summed E-state index contributed by atoms with van der Waals surface area (Å²) in [6, 6.07) is 1.63. The first kappa shape index (κ1) is 33.4. The van der Waals surface area contributed by atoms with Gasteiger partial charge in [-0.3, -0.25) is 19.2 Å². The maximum atomic E-state index is 14.6. The molecular formula is C45H62N4O6. The molecule has 6 heterocycles. The first-order chi connectivity index (χ1) is 27.6. The van der Waals surface area contributed by atoms with Crippen LogP contribution in [-0.4, -0.2) is 67.7 Å². The fraction of sp³-hybridized carbons (Fsp3) is 0.644. The van der Waals surface area contributed by atoms with Crippen molar-refractivity contribution in [3.63, 3.8) is 0 Å². The van der Waals surface area contributed by atoms with E-state index in [0.29, 0.717) is 52.7 Å². The highest BCUT2D eigenvalue weighted by atomic mass is 16.6. The Hall–Kier alpha value is -3.76. The van der Waals surface area contributed by atoms with Crippen LogP contribution in [0.25, 0.3) is 22.3 Å². The summed E-state index contributed by atoms with van der Waals surface area (Å²) in [5, 5.41) is 0.689. The number of carbonyl (C=O) groups excluding carboxylic acids is 2. The fourth-order valence-corrected chi connectivity index (χ4v) is 10.1. The minimum Gasteiger partial charge on any atom is -0.455 e. The van der Waals surface area contributed by atoms with Crippen LogP contribution in [0, 0.1) is 5.89 Å². The minimum absolute atomic E-state index is 0.0836. The number of piperidine rings is 2. The van der Waals surface area contributed by atoms with Crippen molar-refractivity contribution in [3.05, 3.63) is 56.9 Å². The summed E-state index contributed by atoms with van der Waals surface area (Å²) in [6.45, 7) is 21.6. The molecule has 0 saturated carbocycles. The lowest BCUT2D eigenvalue weighted by Gasteiger charge is -2.60. The van der Waals surface area contributed by atoms with E-state index in [-0.39, 0.29) is 23.3 Å². The molecule has 4 aliphatic heterocycles. The molecule has 2 fully saturated rings. The third-order valence-electron chi connectivity index (χ3n) is 12.9. The van der Waals surface area contributed by atoms with E-state index >= 15 is 0 Å². The second-order valence-corrected chi connectivity index (χ2v) is 17.5. The maximum absolute atomic E-state index is 14.6. The highest BCUT2D eigenvalue weighted by molar-refractivity contribution is 5.91. The van der Waals surface area contributed by atoms with Gasteiger partial charge < -0.3 is 14.2 Å². The number of amides is 1. The molecule has 1 amide bonds. The number of rotatable bonds is 6. The molecule has 1 aromatic carbocycles. The van der Waals surface area contributed by atoms with E-state index in [9.17, 15) is 21.2 Å². The van der Waals surface area contributed by atoms with Crippen molar-refractivity contribution in [1.29, 1.82) is 0 Å². The molecule has 0 spiro atoms. The van der Waals surface area contributed by atoms with Crippen molar-refractivity contribution in [2.45, 2.75) is 174 Å². The number of esters is 1. The van der Waals surface area contributed by atoms with Gasteiger partial charge in [0.25, 0.3) is 5.56 Å². The van der Waals surface area contributed by atoms with Crippen LogP contribution in [0.1, 0.15) is 169 Å². The molecule has 55 heavy (non-hydrogen) atoms. The second kappa shape index (κ2) is 13.7. The molecule has 0 radical (unpaired) electrons. The standard InChI is InChI=1S/C45H62N4O6/c1-14-19-45(53-13)32-23-35-39-37(28(7)47(35)40(50)38(32)29(8)54-41(45)51)36(24(2)3)31-22-30(17-18-33(31)46-39)55-42(52)49-26(5)21-34(27(6)44(49,11)12)48-25(4)16-15-20-43(48,9)10/h17-18,22-29,34H,14-16,19-21H2,1-13H3/t25?,26?,27?,28?,29?,34?,45-/m0/s1/i21D2,26D,27D,34D. The normalized spacial score (nSPS) is 36.1. The molecule has 2 saturated heterocycles. The zero-order chi connectivity index (χ0) is 44.7. The van der Waals surface area contributed by atoms with E-state index in [1.54, 1.807) is 48.4 Å². The number of likely N-dealkylation sites (tertiary alicyclic amines) is 2. The summed E-state index contributed by atoms with van der Waals surface area (Å²) >= 11 is 0. The zero-order valence-corrected chi connectivity index (χ0v) is 34.9. The number of aromatic nitrogens is 2. The third kappa shape index (κ3) is 5.86. The number of carbonyl (C=O) groups is 2. The average molecular weight is 760 g/mol. The molecule has 4 aliphatic rings. The van der Waals surface area contributed by atoms with Crippen molar-refractivity contribution < 1.29 is 30.7 Å². The molecule has 7 rings (SSSR count). The number of hydrogen-bond donors (Lipinski definition) is 0. The Morgan fingerprint density at radius 3 is 2.44 bits per heavy atom. The summed E-state index contributed by atoms with van der Waals surface area (Å²) in [6.07, 6.45) is -1.25. The lowest BCUT2D eigenvalue weighted by molar-refractivity contribution is -0.182.